The molecule has 6 N–H and O–H groups in total. The summed E-state index contributed by atoms with van der Waals surface area (Å²) in [4.78, 5) is 141. The lowest BCUT2D eigenvalue weighted by atomic mass is 10.0. The van der Waals surface area contributed by atoms with Crippen LogP contribution in [0.25, 0.3) is 55.2 Å². The number of phenols is 1. The molecule has 4 unspecified atom stereocenters. The number of hydrogen-bond donors (Lipinski definition) is 6. The molecule has 4 atom stereocenters. The topological polar surface area (TPSA) is 454 Å². The summed E-state index contributed by atoms with van der Waals surface area (Å²) < 4.78 is 95.3. The summed E-state index contributed by atoms with van der Waals surface area (Å²) in [7, 11) is 0. The Bertz CT molecular complexity index is 6740. The lowest BCUT2D eigenvalue weighted by Crippen LogP contribution is -2.43. The number of aromatic amines is 5. The summed E-state index contributed by atoms with van der Waals surface area (Å²) >= 11 is 0. The van der Waals surface area contributed by atoms with Gasteiger partial charge in [-0.15, -0.1) is 0 Å². The third-order valence-corrected chi connectivity index (χ3v) is 24.0. The number of nitrogens with zero attached hydrogens (tertiary/aromatic N) is 18. The second kappa shape index (κ2) is 43.9. The first kappa shape index (κ1) is 100. The van der Waals surface area contributed by atoms with Crippen molar-refractivity contribution in [2.24, 2.45) is 5.92 Å². The molecule has 15 heterocycles. The van der Waals surface area contributed by atoms with Crippen LogP contribution in [0, 0.1) is 11.7 Å². The minimum absolute atomic E-state index is 0.0248. The molecule has 13 aromatic rings. The monoisotopic (exact) mass is 1910 g/mol. The number of H-pyrrole nitrogens is 5. The molecule has 38 nitrogen and oxygen atoms in total. The van der Waals surface area contributed by atoms with E-state index in [2.05, 4.69) is 77.3 Å². The highest BCUT2D eigenvalue weighted by Crippen LogP contribution is 2.35. The predicted octanol–water partition coefficient (Wildman–Crippen LogP) is 14.1. The van der Waals surface area contributed by atoms with E-state index in [9.17, 15) is 61.0 Å². The van der Waals surface area contributed by atoms with E-state index >= 15 is 0 Å². The van der Waals surface area contributed by atoms with Gasteiger partial charge in [-0.05, 0) is 170 Å². The van der Waals surface area contributed by atoms with E-state index in [1.807, 2.05) is 94.2 Å². The molecule has 42 heteroatoms. The van der Waals surface area contributed by atoms with Gasteiger partial charge in [0.15, 0.2) is 28.2 Å². The Morgan fingerprint density at radius 1 is 0.428 bits per heavy atom. The summed E-state index contributed by atoms with van der Waals surface area (Å²) in [5.41, 5.74) is 1.50. The molecular formula is C96H121F4N23O15. The van der Waals surface area contributed by atoms with E-state index in [1.165, 1.54) is 25.4 Å². The molecule has 138 heavy (non-hydrogen) atoms. The van der Waals surface area contributed by atoms with Gasteiger partial charge in [0, 0.05) is 109 Å². The molecule has 738 valence electrons. The molecule has 0 bridgehead atoms. The fraction of sp³-hybridized carbons (Fsp3) is 0.521. The number of aromatic nitrogens is 20. The van der Waals surface area contributed by atoms with Gasteiger partial charge in [-0.3, -0.25) is 24.0 Å². The minimum atomic E-state index is -4.38. The van der Waals surface area contributed by atoms with Gasteiger partial charge >= 0.3 is 24.5 Å². The van der Waals surface area contributed by atoms with Crippen LogP contribution in [-0.2, 0) is 55.8 Å². The summed E-state index contributed by atoms with van der Waals surface area (Å²) in [6, 6.07) is 21.2. The van der Waals surface area contributed by atoms with Gasteiger partial charge in [-0.2, -0.15) is 38.7 Å². The van der Waals surface area contributed by atoms with Crippen LogP contribution in [0.3, 0.4) is 0 Å². The van der Waals surface area contributed by atoms with E-state index in [4.69, 9.17) is 33.4 Å². The molecule has 18 rings (SSSR count). The van der Waals surface area contributed by atoms with Gasteiger partial charge in [0.2, 0.25) is 0 Å². The van der Waals surface area contributed by atoms with Crippen molar-refractivity contribution in [3.05, 3.63) is 207 Å². The van der Waals surface area contributed by atoms with Gasteiger partial charge in [0.05, 0.1) is 73.7 Å². The average molecular weight is 1910 g/mol. The maximum atomic E-state index is 14.0. The zero-order chi connectivity index (χ0) is 98.5. The van der Waals surface area contributed by atoms with Crippen LogP contribution >= 0.6 is 0 Å². The van der Waals surface area contributed by atoms with E-state index in [1.54, 1.807) is 98.4 Å². The second-order valence-electron chi connectivity index (χ2n) is 37.9. The maximum Gasteiger partial charge on any atom is 0.410 e. The van der Waals surface area contributed by atoms with E-state index < -0.39 is 47.0 Å². The van der Waals surface area contributed by atoms with Crippen molar-refractivity contribution < 1.29 is 65.5 Å². The van der Waals surface area contributed by atoms with Crippen molar-refractivity contribution in [3.63, 3.8) is 0 Å². The molecule has 5 aliphatic rings. The fourth-order valence-corrected chi connectivity index (χ4v) is 17.3. The first-order valence-corrected chi connectivity index (χ1v) is 47.1. The van der Waals surface area contributed by atoms with Crippen molar-refractivity contribution in [2.75, 3.05) is 72.3 Å². The van der Waals surface area contributed by atoms with Crippen LogP contribution in [0.5, 0.6) is 11.5 Å². The zero-order valence-electron chi connectivity index (χ0n) is 79.8. The Labute approximate surface area is 791 Å². The van der Waals surface area contributed by atoms with Crippen LogP contribution in [0.2, 0.25) is 0 Å². The third kappa shape index (κ3) is 25.3. The first-order valence-electron chi connectivity index (χ1n) is 47.1. The number of para-hydroxylation sites is 2. The molecule has 3 aromatic carbocycles. The number of aromatic hydroxyl groups is 1. The predicted molar refractivity (Wildman–Crippen MR) is 505 cm³/mol. The lowest BCUT2D eigenvalue weighted by molar-refractivity contribution is -0.175. The molecule has 0 spiro atoms. The summed E-state index contributed by atoms with van der Waals surface area (Å²) in [5.74, 6) is 1.17. The Balaban J connectivity index is 0.000000139. The molecule has 0 aliphatic carbocycles. The van der Waals surface area contributed by atoms with Crippen molar-refractivity contribution in [1.29, 1.82) is 0 Å². The van der Waals surface area contributed by atoms with Gasteiger partial charge in [-0.25, -0.2) is 67.1 Å². The number of hydrogen-bond acceptors (Lipinski definition) is 25. The van der Waals surface area contributed by atoms with Crippen molar-refractivity contribution >= 4 is 73.4 Å². The van der Waals surface area contributed by atoms with Crippen LogP contribution < -0.4 is 32.5 Å². The number of ether oxygens (including phenoxy) is 6. The number of alkyl halides is 3. The van der Waals surface area contributed by atoms with Gasteiger partial charge < -0.3 is 73.1 Å². The number of aryl methyl sites for hydroxylation is 1. The molecule has 0 radical (unpaired) electrons. The smallest absolute Gasteiger partial charge is 0.410 e. The summed E-state index contributed by atoms with van der Waals surface area (Å²) in [5, 5.41) is 33.9. The Morgan fingerprint density at radius 2 is 0.746 bits per heavy atom. The number of phenolic OH excluding ortho intramolecular Hbond substituents is 1. The normalized spacial score (nSPS) is 17.2. The molecule has 5 fully saturated rings. The molecule has 3 amide bonds. The van der Waals surface area contributed by atoms with Gasteiger partial charge in [0.1, 0.15) is 90.2 Å². The highest BCUT2D eigenvalue weighted by Gasteiger charge is 2.40. The molecule has 5 aliphatic heterocycles. The third-order valence-electron chi connectivity index (χ3n) is 24.0. The zero-order valence-corrected chi connectivity index (χ0v) is 79.8. The maximum absolute atomic E-state index is 14.0. The molecule has 0 saturated carbocycles. The Kier molecular flexibility index (Phi) is 31.9. The van der Waals surface area contributed by atoms with E-state index in [0.29, 0.717) is 152 Å². The SMILES string of the molecule is CC(C)(C)OC(=O)N1CCCC(n2ncc3c(=O)[nH]c(Cc4ccccc4F)nc32)C1.CCC(Cc1nc2c(cnn2C2CCCN(C(=O)OC(C)(C)C)C2)c(=O)[nH]1)C(F)(F)F.CCCc1nc2c(cnn2C2CCOCC2)c(=O)[nH]1.CCOc1ccccc1Cc1nc2c(cnn2C2CCCN(C(=O)OC(C)(C)C)C2)c(=O)[nH]1.O=c1[nH]c(Cc2ccccc2O)nc2c1cnn2C1CCOCC1. The van der Waals surface area contributed by atoms with Crippen LogP contribution in [0.4, 0.5) is 31.9 Å². The van der Waals surface area contributed by atoms with Crippen molar-refractivity contribution in [3.8, 4) is 11.5 Å². The number of likely N-dealkylation sites (tertiary alicyclic amines) is 3. The number of amides is 3. The Morgan fingerprint density at radius 3 is 1.10 bits per heavy atom. The van der Waals surface area contributed by atoms with Crippen molar-refractivity contribution in [1.82, 2.24) is 113 Å². The number of piperidine rings is 3. The van der Waals surface area contributed by atoms with Crippen LogP contribution in [0.1, 0.15) is 236 Å². The highest BCUT2D eigenvalue weighted by atomic mass is 19.4. The number of benzene rings is 3. The van der Waals surface area contributed by atoms with Gasteiger partial charge in [0.25, 0.3) is 27.8 Å². The first-order chi connectivity index (χ1) is 65.9. The van der Waals surface area contributed by atoms with Crippen molar-refractivity contribution in [2.45, 2.75) is 245 Å². The quantitative estimate of drug-likeness (QED) is 0.0343. The summed E-state index contributed by atoms with van der Waals surface area (Å²) in [6.45, 7) is 28.3. The average Bonchev–Trinajstić information content (AvgIpc) is 1.64. The highest BCUT2D eigenvalue weighted by molar-refractivity contribution is 5.77. The van der Waals surface area contributed by atoms with Gasteiger partial charge in [-0.1, -0.05) is 68.4 Å². The number of rotatable bonds is 18. The second-order valence-corrected chi connectivity index (χ2v) is 37.9. The molecule has 10 aromatic heterocycles. The number of nitrogens with one attached hydrogen (secondary N) is 5. The largest absolute Gasteiger partial charge is 0.508 e. The Hall–Kier alpha value is -13.5. The molecule has 5 saturated heterocycles. The number of halogens is 4. The van der Waals surface area contributed by atoms with Crippen LogP contribution in [-0.4, -0.2) is 232 Å². The van der Waals surface area contributed by atoms with Crippen LogP contribution in [0.15, 0.2) is 128 Å². The molecular weight excluding hydrogens is 1790 g/mol. The number of carbonyl (C=O) groups is 3. The summed E-state index contributed by atoms with van der Waals surface area (Å²) in [6.07, 6.45) is 12.5. The minimum Gasteiger partial charge on any atom is -0.508 e. The number of carbonyl (C=O) groups excluding carboxylic acids is 3. The van der Waals surface area contributed by atoms with E-state index in [0.717, 1.165) is 100 Å². The number of fused-ring (bicyclic) bond motifs is 5. The standard InChI is InChI=1S/C24H31N5O4.C22H26FN5O3.C20H28F3N5O3.C17H18N4O3.C13H18N4O2/c1-5-32-19-11-7-6-9-16(19)13-20-26-21-18(22(30)27-20)14-25-29(21)17-10-8-12-28(15-17)23(31)33-24(2,3)4;1-22(2,3)31-21(30)27-10-6-8-15(13-27)28-19-16(12-24-28)20(29)26-18(25-19)11-14-7-4-5-9-17(14)23;1-5-12(20(21,22)23)9-15-25-16-14(17(29)26-15)10-24-28(16)13-7-6-8-27(11-13)18(30)31-19(2,3)4;22-14-4-2-1-3-11(14)9-15-19-16-13(17(23)20-15)10-18-21(16)12-5-7-24-8-6-12;1-2-3-11-15-12-10(13(18)16-11)8-14-17(12)9-4-6-19-7-5-9/h6-7,9,11,14,17H,5,8,10,12-13,15H2,1-4H3,(H,26,27,30);4-5,7,9,12,15H,6,8,10-11,13H2,1-3H3,(H,25,26,29);10,12-13H,5-9,11H2,1-4H3,(H,25,26,29);1-4,10,12,22H,5-9H2,(H,19,20,23);8-9H,2-7H2,1H3,(H,15,16,18). The lowest BCUT2D eigenvalue weighted by Gasteiger charge is -2.34. The fourth-order valence-electron chi connectivity index (χ4n) is 17.3. The van der Waals surface area contributed by atoms with E-state index in [-0.39, 0.29) is 106 Å².